The van der Waals surface area contributed by atoms with Crippen LogP contribution in [-0.2, 0) is 6.54 Å². The van der Waals surface area contributed by atoms with Crippen molar-refractivity contribution in [3.8, 4) is 11.3 Å². The van der Waals surface area contributed by atoms with E-state index in [9.17, 15) is 0 Å². The maximum absolute atomic E-state index is 4.82. The van der Waals surface area contributed by atoms with Crippen LogP contribution in [0.5, 0.6) is 0 Å². The normalized spacial score (nSPS) is 10.9. The highest BCUT2D eigenvalue weighted by Gasteiger charge is 2.12. The molecule has 0 aliphatic carbocycles. The number of aromatic nitrogens is 4. The first-order valence-corrected chi connectivity index (χ1v) is 9.18. The molecule has 0 amide bonds. The first-order valence-electron chi connectivity index (χ1n) is 7.96. The highest BCUT2D eigenvalue weighted by atomic mass is 32.2. The molecule has 0 radical (unpaired) electrons. The highest BCUT2D eigenvalue weighted by molar-refractivity contribution is 7.98. The third-order valence-electron chi connectivity index (χ3n) is 3.93. The van der Waals surface area contributed by atoms with E-state index in [2.05, 4.69) is 27.5 Å². The molecule has 0 spiro atoms. The second kappa shape index (κ2) is 6.94. The van der Waals surface area contributed by atoms with E-state index in [1.807, 2.05) is 59.6 Å². The maximum atomic E-state index is 4.82. The fourth-order valence-corrected chi connectivity index (χ4v) is 3.13. The predicted octanol–water partition coefficient (Wildman–Crippen LogP) is 4.13. The third kappa shape index (κ3) is 3.21. The largest absolute Gasteiger partial charge is 0.366 e. The van der Waals surface area contributed by atoms with Crippen LogP contribution >= 0.6 is 11.8 Å². The van der Waals surface area contributed by atoms with Crippen LogP contribution in [-0.4, -0.2) is 25.8 Å². The van der Waals surface area contributed by atoms with Gasteiger partial charge in [0.1, 0.15) is 5.82 Å². The number of nitrogens with one attached hydrogen (secondary N) is 1. The number of anilines is 1. The van der Waals surface area contributed by atoms with E-state index in [1.54, 1.807) is 18.0 Å². The zero-order chi connectivity index (χ0) is 17.1. The summed E-state index contributed by atoms with van der Waals surface area (Å²) in [5, 5.41) is 7.95. The van der Waals surface area contributed by atoms with Crippen LogP contribution in [0.4, 0.5) is 5.82 Å². The van der Waals surface area contributed by atoms with Crippen LogP contribution in [0.1, 0.15) is 5.56 Å². The lowest BCUT2D eigenvalue weighted by Crippen LogP contribution is -2.07. The molecule has 0 saturated heterocycles. The van der Waals surface area contributed by atoms with Crippen LogP contribution < -0.4 is 5.32 Å². The SMILES string of the molecule is CSc1cnn2c(NCc3cccnc3)cc(-c3ccccc3)nc12. The zero-order valence-electron chi connectivity index (χ0n) is 13.8. The number of hydrogen-bond donors (Lipinski definition) is 1. The fourth-order valence-electron chi connectivity index (χ4n) is 2.66. The van der Waals surface area contributed by atoms with Crippen molar-refractivity contribution in [3.63, 3.8) is 0 Å². The van der Waals surface area contributed by atoms with Gasteiger partial charge in [0.2, 0.25) is 0 Å². The van der Waals surface area contributed by atoms with Crippen molar-refractivity contribution in [2.75, 3.05) is 11.6 Å². The lowest BCUT2D eigenvalue weighted by Gasteiger charge is -2.11. The minimum Gasteiger partial charge on any atom is -0.366 e. The summed E-state index contributed by atoms with van der Waals surface area (Å²) < 4.78 is 1.86. The summed E-state index contributed by atoms with van der Waals surface area (Å²) in [6, 6.07) is 16.2. The summed E-state index contributed by atoms with van der Waals surface area (Å²) in [4.78, 5) is 10.0. The van der Waals surface area contributed by atoms with Crippen LogP contribution in [0.25, 0.3) is 16.9 Å². The van der Waals surface area contributed by atoms with Gasteiger partial charge in [-0.2, -0.15) is 9.61 Å². The standard InChI is InChI=1S/C19H17N5S/c1-25-17-13-22-24-18(21-12-14-6-5-9-20-11-14)10-16(23-19(17)24)15-7-3-2-4-8-15/h2-11,13,21H,12H2,1H3. The molecular formula is C19H17N5S. The number of benzene rings is 1. The van der Waals surface area contributed by atoms with E-state index in [1.165, 1.54) is 0 Å². The Morgan fingerprint density at radius 1 is 1.08 bits per heavy atom. The Bertz CT molecular complexity index is 983. The molecule has 0 saturated carbocycles. The number of rotatable bonds is 5. The molecule has 6 heteroatoms. The van der Waals surface area contributed by atoms with E-state index >= 15 is 0 Å². The summed E-state index contributed by atoms with van der Waals surface area (Å²) in [5.74, 6) is 0.910. The van der Waals surface area contributed by atoms with Crippen molar-refractivity contribution in [1.82, 2.24) is 19.6 Å². The van der Waals surface area contributed by atoms with Crippen molar-refractivity contribution in [3.05, 3.63) is 72.7 Å². The van der Waals surface area contributed by atoms with Gasteiger partial charge >= 0.3 is 0 Å². The van der Waals surface area contributed by atoms with Crippen molar-refractivity contribution in [1.29, 1.82) is 0 Å². The van der Waals surface area contributed by atoms with Gasteiger partial charge in [-0.3, -0.25) is 4.98 Å². The molecule has 0 atom stereocenters. The lowest BCUT2D eigenvalue weighted by atomic mass is 10.1. The van der Waals surface area contributed by atoms with Crippen LogP contribution in [0.15, 0.2) is 72.0 Å². The molecule has 124 valence electrons. The summed E-state index contributed by atoms with van der Waals surface area (Å²) in [7, 11) is 0. The fraction of sp³-hybridized carbons (Fsp3) is 0.105. The average Bonchev–Trinajstić information content (AvgIpc) is 3.11. The van der Waals surface area contributed by atoms with Gasteiger partial charge in [-0.15, -0.1) is 11.8 Å². The Labute approximate surface area is 150 Å². The Kier molecular flexibility index (Phi) is 4.35. The molecule has 4 aromatic rings. The molecule has 0 aliphatic heterocycles. The second-order valence-electron chi connectivity index (χ2n) is 5.56. The molecular weight excluding hydrogens is 330 g/mol. The van der Waals surface area contributed by atoms with Crippen LogP contribution in [0, 0.1) is 0 Å². The summed E-state index contributed by atoms with van der Waals surface area (Å²) >= 11 is 1.65. The zero-order valence-corrected chi connectivity index (χ0v) is 14.6. The summed E-state index contributed by atoms with van der Waals surface area (Å²) in [6.07, 6.45) is 7.54. The van der Waals surface area contributed by atoms with E-state index in [-0.39, 0.29) is 0 Å². The maximum Gasteiger partial charge on any atom is 0.171 e. The number of nitrogens with zero attached hydrogens (tertiary/aromatic N) is 4. The molecule has 3 heterocycles. The van der Waals surface area contributed by atoms with E-state index in [4.69, 9.17) is 4.98 Å². The smallest absolute Gasteiger partial charge is 0.171 e. The van der Waals surface area contributed by atoms with Crippen molar-refractivity contribution in [2.24, 2.45) is 0 Å². The van der Waals surface area contributed by atoms with Gasteiger partial charge in [0, 0.05) is 30.6 Å². The van der Waals surface area contributed by atoms with Crippen molar-refractivity contribution < 1.29 is 0 Å². The number of fused-ring (bicyclic) bond motifs is 1. The lowest BCUT2D eigenvalue weighted by molar-refractivity contribution is 0.925. The van der Waals surface area contributed by atoms with Gasteiger partial charge in [-0.1, -0.05) is 36.4 Å². The van der Waals surface area contributed by atoms with Crippen LogP contribution in [0.3, 0.4) is 0 Å². The van der Waals surface area contributed by atoms with Gasteiger partial charge in [0.25, 0.3) is 0 Å². The molecule has 0 bridgehead atoms. The van der Waals surface area contributed by atoms with Gasteiger partial charge in [0.05, 0.1) is 16.8 Å². The Balaban J connectivity index is 1.77. The molecule has 5 nitrogen and oxygen atoms in total. The Hall–Kier alpha value is -2.86. The quantitative estimate of drug-likeness (QED) is 0.550. The predicted molar refractivity (Wildman–Crippen MR) is 102 cm³/mol. The first-order chi connectivity index (χ1) is 12.3. The minimum absolute atomic E-state index is 0.676. The first kappa shape index (κ1) is 15.7. The molecule has 0 aliphatic rings. The molecule has 25 heavy (non-hydrogen) atoms. The molecule has 1 aromatic carbocycles. The number of thioether (sulfide) groups is 1. The van der Waals surface area contributed by atoms with E-state index in [0.717, 1.165) is 33.2 Å². The molecule has 3 aromatic heterocycles. The van der Waals surface area contributed by atoms with E-state index in [0.29, 0.717) is 6.54 Å². The number of hydrogen-bond acceptors (Lipinski definition) is 5. The van der Waals surface area contributed by atoms with E-state index < -0.39 is 0 Å². The van der Waals surface area contributed by atoms with Gasteiger partial charge in [-0.25, -0.2) is 4.98 Å². The third-order valence-corrected chi connectivity index (χ3v) is 4.65. The Morgan fingerprint density at radius 3 is 2.72 bits per heavy atom. The second-order valence-corrected chi connectivity index (χ2v) is 6.40. The molecule has 4 rings (SSSR count). The Morgan fingerprint density at radius 2 is 1.96 bits per heavy atom. The van der Waals surface area contributed by atoms with Crippen molar-refractivity contribution >= 4 is 23.2 Å². The summed E-state index contributed by atoms with van der Waals surface area (Å²) in [5.41, 5.74) is 3.99. The van der Waals surface area contributed by atoms with Gasteiger partial charge < -0.3 is 5.32 Å². The minimum atomic E-state index is 0.676. The molecule has 0 unspecified atom stereocenters. The monoisotopic (exact) mass is 347 g/mol. The van der Waals surface area contributed by atoms with Crippen molar-refractivity contribution in [2.45, 2.75) is 11.4 Å². The molecule has 1 N–H and O–H groups in total. The van der Waals surface area contributed by atoms with Crippen LogP contribution in [0.2, 0.25) is 0 Å². The van der Waals surface area contributed by atoms with Gasteiger partial charge in [-0.05, 0) is 17.9 Å². The molecule has 0 fully saturated rings. The summed E-state index contributed by atoms with van der Waals surface area (Å²) in [6.45, 7) is 0.676. The highest BCUT2D eigenvalue weighted by Crippen LogP contribution is 2.27. The van der Waals surface area contributed by atoms with Gasteiger partial charge in [0.15, 0.2) is 5.65 Å². The number of pyridine rings is 1. The topological polar surface area (TPSA) is 55.1 Å². The average molecular weight is 347 g/mol.